The highest BCUT2D eigenvalue weighted by Gasteiger charge is 2.47. The first-order valence-corrected chi connectivity index (χ1v) is 8.19. The predicted octanol–water partition coefficient (Wildman–Crippen LogP) is 1.62. The molecule has 1 aliphatic carbocycles. The molecule has 2 aliphatic rings. The Balaban J connectivity index is 1.41. The van der Waals surface area contributed by atoms with Crippen molar-refractivity contribution in [3.63, 3.8) is 0 Å². The molecule has 2 fully saturated rings. The third-order valence-corrected chi connectivity index (χ3v) is 4.89. The number of carbonyl (C=O) groups is 1. The van der Waals surface area contributed by atoms with E-state index in [4.69, 9.17) is 4.52 Å². The van der Waals surface area contributed by atoms with Crippen LogP contribution >= 0.6 is 0 Å². The summed E-state index contributed by atoms with van der Waals surface area (Å²) in [4.78, 5) is 19.1. The number of hydrogen-bond acceptors (Lipinski definition) is 5. The minimum Gasteiger partial charge on any atom is -0.342 e. The van der Waals surface area contributed by atoms with Crippen molar-refractivity contribution in [1.82, 2.24) is 24.8 Å². The maximum absolute atomic E-state index is 12.8. The largest absolute Gasteiger partial charge is 0.342 e. The lowest BCUT2D eigenvalue weighted by Crippen LogP contribution is -2.40. The Morgan fingerprint density at radius 3 is 3.00 bits per heavy atom. The fourth-order valence-corrected chi connectivity index (χ4v) is 3.56. The summed E-state index contributed by atoms with van der Waals surface area (Å²) in [7, 11) is 1.91. The number of aromatic nitrogens is 4. The molecule has 1 aliphatic heterocycles. The molecule has 3 atom stereocenters. The first-order chi connectivity index (χ1) is 11.1. The topological polar surface area (TPSA) is 77.0 Å². The molecule has 0 aromatic carbocycles. The van der Waals surface area contributed by atoms with E-state index >= 15 is 0 Å². The molecule has 1 saturated heterocycles. The van der Waals surface area contributed by atoms with Gasteiger partial charge in [0.1, 0.15) is 0 Å². The molecule has 122 valence electrons. The van der Waals surface area contributed by atoms with Gasteiger partial charge in [-0.05, 0) is 37.7 Å². The van der Waals surface area contributed by atoms with Crippen molar-refractivity contribution in [3.05, 3.63) is 29.7 Å². The fraction of sp³-hybridized carbons (Fsp3) is 0.625. The highest BCUT2D eigenvalue weighted by atomic mass is 16.5. The van der Waals surface area contributed by atoms with Gasteiger partial charge in [-0.3, -0.25) is 9.48 Å². The number of aryl methyl sites for hydroxylation is 2. The van der Waals surface area contributed by atoms with Crippen LogP contribution < -0.4 is 0 Å². The maximum atomic E-state index is 12.8. The Morgan fingerprint density at radius 1 is 1.43 bits per heavy atom. The van der Waals surface area contributed by atoms with Gasteiger partial charge in [0, 0.05) is 32.3 Å². The molecular formula is C16H21N5O2. The molecule has 0 spiro atoms. The van der Waals surface area contributed by atoms with E-state index in [1.165, 1.54) is 5.56 Å². The van der Waals surface area contributed by atoms with Crippen molar-refractivity contribution < 1.29 is 9.32 Å². The summed E-state index contributed by atoms with van der Waals surface area (Å²) < 4.78 is 7.09. The van der Waals surface area contributed by atoms with Crippen LogP contribution in [0, 0.1) is 12.8 Å². The average Bonchev–Trinajstić information content (AvgIpc) is 3.04. The van der Waals surface area contributed by atoms with E-state index in [1.54, 1.807) is 4.68 Å². The van der Waals surface area contributed by atoms with Gasteiger partial charge in [0.25, 0.3) is 0 Å². The van der Waals surface area contributed by atoms with Gasteiger partial charge in [-0.1, -0.05) is 5.16 Å². The molecule has 0 unspecified atom stereocenters. The van der Waals surface area contributed by atoms with Crippen molar-refractivity contribution in [2.75, 3.05) is 13.1 Å². The zero-order valence-electron chi connectivity index (χ0n) is 13.5. The molecule has 0 bridgehead atoms. The van der Waals surface area contributed by atoms with Crippen molar-refractivity contribution >= 4 is 5.91 Å². The normalized spacial score (nSPS) is 27.2. The Morgan fingerprint density at radius 2 is 2.30 bits per heavy atom. The molecule has 7 heteroatoms. The number of amides is 1. The van der Waals surface area contributed by atoms with Crippen LogP contribution in [0.25, 0.3) is 0 Å². The summed E-state index contributed by atoms with van der Waals surface area (Å²) in [5, 5.41) is 8.07. The molecule has 1 saturated carbocycles. The fourth-order valence-electron chi connectivity index (χ4n) is 3.56. The molecule has 2 aromatic heterocycles. The second-order valence-electron chi connectivity index (χ2n) is 6.70. The molecule has 7 nitrogen and oxygen atoms in total. The molecule has 0 N–H and O–H groups in total. The van der Waals surface area contributed by atoms with Gasteiger partial charge >= 0.3 is 0 Å². The highest BCUT2D eigenvalue weighted by molar-refractivity contribution is 5.83. The monoisotopic (exact) mass is 315 g/mol. The van der Waals surface area contributed by atoms with E-state index in [-0.39, 0.29) is 17.7 Å². The summed E-state index contributed by atoms with van der Waals surface area (Å²) in [6.07, 6.45) is 6.81. The lowest BCUT2D eigenvalue weighted by atomic mass is 9.97. The van der Waals surface area contributed by atoms with Crippen LogP contribution in [0.3, 0.4) is 0 Å². The molecule has 3 heterocycles. The summed E-state index contributed by atoms with van der Waals surface area (Å²) in [5.74, 6) is 2.20. The van der Waals surface area contributed by atoms with Crippen LogP contribution in [0.2, 0.25) is 0 Å². The second-order valence-corrected chi connectivity index (χ2v) is 6.70. The van der Waals surface area contributed by atoms with E-state index in [1.807, 2.05) is 31.3 Å². The summed E-state index contributed by atoms with van der Waals surface area (Å²) in [6, 6.07) is 0. The van der Waals surface area contributed by atoms with Gasteiger partial charge < -0.3 is 9.42 Å². The van der Waals surface area contributed by atoms with E-state index < -0.39 is 0 Å². The van der Waals surface area contributed by atoms with E-state index in [0.29, 0.717) is 24.2 Å². The van der Waals surface area contributed by atoms with Crippen LogP contribution in [0.5, 0.6) is 0 Å². The third-order valence-electron chi connectivity index (χ3n) is 4.89. The predicted molar refractivity (Wildman–Crippen MR) is 81.6 cm³/mol. The minimum absolute atomic E-state index is 0.113. The van der Waals surface area contributed by atoms with Gasteiger partial charge in [-0.15, -0.1) is 0 Å². The van der Waals surface area contributed by atoms with Crippen molar-refractivity contribution in [2.45, 2.75) is 38.0 Å². The lowest BCUT2D eigenvalue weighted by molar-refractivity contribution is -0.134. The SMILES string of the molecule is Cc1noc([C@@H]2CCCN(C(=O)[C@H]3C[C@H]3c3cnn(C)c3)C2)n1. The zero-order valence-corrected chi connectivity index (χ0v) is 13.5. The second kappa shape index (κ2) is 5.47. The number of hydrogen-bond donors (Lipinski definition) is 0. The average molecular weight is 315 g/mol. The van der Waals surface area contributed by atoms with E-state index in [2.05, 4.69) is 15.2 Å². The number of nitrogens with zero attached hydrogens (tertiary/aromatic N) is 5. The quantitative estimate of drug-likeness (QED) is 0.860. The standard InChI is InChI=1S/C16H21N5O2/c1-10-18-15(23-19-10)11-4-3-5-21(9-11)16(22)14-6-13(14)12-7-17-20(2)8-12/h7-8,11,13-14H,3-6,9H2,1-2H3/t11-,13+,14+/m1/s1. The molecular weight excluding hydrogens is 294 g/mol. The molecule has 23 heavy (non-hydrogen) atoms. The summed E-state index contributed by atoms with van der Waals surface area (Å²) in [5.41, 5.74) is 1.17. The highest BCUT2D eigenvalue weighted by Crippen LogP contribution is 2.48. The van der Waals surface area contributed by atoms with Gasteiger partial charge in [-0.2, -0.15) is 10.1 Å². The van der Waals surface area contributed by atoms with E-state index in [0.717, 1.165) is 25.8 Å². The van der Waals surface area contributed by atoms with Crippen LogP contribution in [0.15, 0.2) is 16.9 Å². The van der Waals surface area contributed by atoms with Gasteiger partial charge in [0.2, 0.25) is 11.8 Å². The molecule has 1 amide bonds. The molecule has 4 rings (SSSR count). The van der Waals surface area contributed by atoms with Crippen molar-refractivity contribution in [2.24, 2.45) is 13.0 Å². The number of piperidine rings is 1. The summed E-state index contributed by atoms with van der Waals surface area (Å²) in [6.45, 7) is 3.34. The maximum Gasteiger partial charge on any atom is 0.231 e. The van der Waals surface area contributed by atoms with Gasteiger partial charge in [0.05, 0.1) is 12.1 Å². The van der Waals surface area contributed by atoms with Crippen molar-refractivity contribution in [1.29, 1.82) is 0 Å². The van der Waals surface area contributed by atoms with Crippen LogP contribution in [0.4, 0.5) is 0 Å². The Bertz CT molecular complexity index is 722. The molecule has 2 aromatic rings. The Hall–Kier alpha value is -2.18. The zero-order chi connectivity index (χ0) is 16.0. The first kappa shape index (κ1) is 14.4. The molecule has 0 radical (unpaired) electrons. The first-order valence-electron chi connectivity index (χ1n) is 8.19. The number of rotatable bonds is 3. The van der Waals surface area contributed by atoms with E-state index in [9.17, 15) is 4.79 Å². The summed E-state index contributed by atoms with van der Waals surface area (Å²) >= 11 is 0. The smallest absolute Gasteiger partial charge is 0.231 e. The minimum atomic E-state index is 0.113. The van der Waals surface area contributed by atoms with Gasteiger partial charge in [-0.25, -0.2) is 0 Å². The van der Waals surface area contributed by atoms with Gasteiger partial charge in [0.15, 0.2) is 5.82 Å². The van der Waals surface area contributed by atoms with Crippen LogP contribution in [0.1, 0.15) is 48.4 Å². The third kappa shape index (κ3) is 2.75. The Labute approximate surface area is 134 Å². The Kier molecular flexibility index (Phi) is 3.43. The van der Waals surface area contributed by atoms with Crippen LogP contribution in [-0.2, 0) is 11.8 Å². The number of carbonyl (C=O) groups excluding carboxylic acids is 1. The van der Waals surface area contributed by atoms with Crippen LogP contribution in [-0.4, -0.2) is 43.8 Å². The number of likely N-dealkylation sites (tertiary alicyclic amines) is 1. The van der Waals surface area contributed by atoms with Crippen molar-refractivity contribution in [3.8, 4) is 0 Å². The lowest BCUT2D eigenvalue weighted by Gasteiger charge is -2.31.